The molecule has 1 aromatic carbocycles. The molecule has 0 aliphatic rings. The molecule has 1 atom stereocenters. The summed E-state index contributed by atoms with van der Waals surface area (Å²) in [5, 5.41) is 11.8. The Morgan fingerprint density at radius 1 is 1.27 bits per heavy atom. The van der Waals surface area contributed by atoms with Crippen molar-refractivity contribution in [3.8, 4) is 11.4 Å². The average molecular weight is 370 g/mol. The topological polar surface area (TPSA) is 108 Å². The van der Waals surface area contributed by atoms with E-state index in [1.807, 2.05) is 18.4 Å². The van der Waals surface area contributed by atoms with Crippen LogP contribution < -0.4 is 5.32 Å². The minimum Gasteiger partial charge on any atom is -0.480 e. The molecule has 3 N–H and O–H groups in total. The SMILES string of the molecule is CSCC[C@H](NC(=O)c1ccc2nc(-c3ccncc3)[nH]c2c1)C(=O)O. The van der Waals surface area contributed by atoms with Crippen molar-refractivity contribution in [3.63, 3.8) is 0 Å². The molecule has 7 nitrogen and oxygen atoms in total. The average Bonchev–Trinajstić information content (AvgIpc) is 3.08. The molecule has 3 aromatic rings. The molecule has 3 rings (SSSR count). The van der Waals surface area contributed by atoms with Crippen LogP contribution in [0.2, 0.25) is 0 Å². The first-order valence-corrected chi connectivity index (χ1v) is 9.40. The van der Waals surface area contributed by atoms with Gasteiger partial charge in [-0.15, -0.1) is 0 Å². The Labute approximate surface area is 154 Å². The predicted molar refractivity (Wildman–Crippen MR) is 101 cm³/mol. The van der Waals surface area contributed by atoms with Crippen molar-refractivity contribution >= 4 is 34.7 Å². The number of nitrogens with zero attached hydrogens (tertiary/aromatic N) is 2. The number of rotatable bonds is 7. The summed E-state index contributed by atoms with van der Waals surface area (Å²) < 4.78 is 0. The molecule has 0 aliphatic heterocycles. The minimum absolute atomic E-state index is 0.376. The second kappa shape index (κ2) is 8.01. The van der Waals surface area contributed by atoms with Crippen LogP contribution in [0.5, 0.6) is 0 Å². The number of hydrogen-bond donors (Lipinski definition) is 3. The van der Waals surface area contributed by atoms with E-state index in [0.29, 0.717) is 29.1 Å². The van der Waals surface area contributed by atoms with Gasteiger partial charge in [0.2, 0.25) is 0 Å². The van der Waals surface area contributed by atoms with Gasteiger partial charge in [-0.3, -0.25) is 9.78 Å². The van der Waals surface area contributed by atoms with Gasteiger partial charge in [0, 0.05) is 23.5 Å². The van der Waals surface area contributed by atoms with E-state index in [9.17, 15) is 14.7 Å². The lowest BCUT2D eigenvalue weighted by Gasteiger charge is -2.13. The Morgan fingerprint density at radius 3 is 2.73 bits per heavy atom. The van der Waals surface area contributed by atoms with Gasteiger partial charge in [-0.05, 0) is 48.8 Å². The van der Waals surface area contributed by atoms with Crippen molar-refractivity contribution in [2.24, 2.45) is 0 Å². The summed E-state index contributed by atoms with van der Waals surface area (Å²) in [5.74, 6) is -0.106. The van der Waals surface area contributed by atoms with E-state index < -0.39 is 17.9 Å². The van der Waals surface area contributed by atoms with E-state index in [4.69, 9.17) is 0 Å². The van der Waals surface area contributed by atoms with Crippen LogP contribution in [0.15, 0.2) is 42.7 Å². The number of hydrogen-bond acceptors (Lipinski definition) is 5. The van der Waals surface area contributed by atoms with Crippen LogP contribution in [0.4, 0.5) is 0 Å². The number of H-pyrrole nitrogens is 1. The maximum atomic E-state index is 12.4. The van der Waals surface area contributed by atoms with Gasteiger partial charge in [-0.25, -0.2) is 9.78 Å². The Morgan fingerprint density at radius 2 is 2.04 bits per heavy atom. The molecular weight excluding hydrogens is 352 g/mol. The fraction of sp³-hybridized carbons (Fsp3) is 0.222. The first-order chi connectivity index (χ1) is 12.6. The number of amides is 1. The van der Waals surface area contributed by atoms with Gasteiger partial charge in [0.15, 0.2) is 0 Å². The predicted octanol–water partition coefficient (Wildman–Crippen LogP) is 2.56. The summed E-state index contributed by atoms with van der Waals surface area (Å²) in [7, 11) is 0. The van der Waals surface area contributed by atoms with Crippen molar-refractivity contribution in [2.75, 3.05) is 12.0 Å². The monoisotopic (exact) mass is 370 g/mol. The van der Waals surface area contributed by atoms with Crippen molar-refractivity contribution < 1.29 is 14.7 Å². The van der Waals surface area contributed by atoms with Gasteiger partial charge in [-0.2, -0.15) is 11.8 Å². The normalized spacial score (nSPS) is 12.0. The number of benzene rings is 1. The third-order valence-corrected chi connectivity index (χ3v) is 4.56. The number of carbonyl (C=O) groups is 2. The van der Waals surface area contributed by atoms with E-state index in [1.165, 1.54) is 0 Å². The molecule has 1 amide bonds. The summed E-state index contributed by atoms with van der Waals surface area (Å²) >= 11 is 1.54. The molecule has 0 fully saturated rings. The molecular formula is C18H18N4O3S. The molecule has 26 heavy (non-hydrogen) atoms. The largest absolute Gasteiger partial charge is 0.480 e. The van der Waals surface area contributed by atoms with E-state index in [-0.39, 0.29) is 0 Å². The zero-order valence-corrected chi connectivity index (χ0v) is 14.9. The number of imidazole rings is 1. The van der Waals surface area contributed by atoms with Crippen LogP contribution in [0.25, 0.3) is 22.4 Å². The lowest BCUT2D eigenvalue weighted by Crippen LogP contribution is -2.41. The van der Waals surface area contributed by atoms with Crippen LogP contribution in [-0.2, 0) is 4.79 Å². The quantitative estimate of drug-likeness (QED) is 0.590. The number of aliphatic carboxylic acids is 1. The molecule has 0 saturated carbocycles. The molecule has 0 saturated heterocycles. The third-order valence-electron chi connectivity index (χ3n) is 3.91. The first-order valence-electron chi connectivity index (χ1n) is 8.01. The Balaban J connectivity index is 1.82. The molecule has 0 spiro atoms. The lowest BCUT2D eigenvalue weighted by molar-refractivity contribution is -0.139. The second-order valence-corrected chi connectivity index (χ2v) is 6.68. The number of nitrogens with one attached hydrogen (secondary N) is 2. The van der Waals surface area contributed by atoms with E-state index in [1.54, 1.807) is 42.4 Å². The zero-order valence-electron chi connectivity index (χ0n) is 14.1. The summed E-state index contributed by atoms with van der Waals surface area (Å²) in [6.07, 6.45) is 5.64. The molecule has 8 heteroatoms. The van der Waals surface area contributed by atoms with Crippen LogP contribution in [0.3, 0.4) is 0 Å². The molecule has 134 valence electrons. The number of aromatic amines is 1. The highest BCUT2D eigenvalue weighted by Gasteiger charge is 2.20. The molecule has 0 aliphatic carbocycles. The number of thioether (sulfide) groups is 1. The molecule has 2 heterocycles. The zero-order chi connectivity index (χ0) is 18.5. The maximum Gasteiger partial charge on any atom is 0.326 e. The number of carboxylic acids is 1. The fourth-order valence-corrected chi connectivity index (χ4v) is 3.00. The van der Waals surface area contributed by atoms with Gasteiger partial charge >= 0.3 is 5.97 Å². The van der Waals surface area contributed by atoms with Crippen molar-refractivity contribution in [1.29, 1.82) is 0 Å². The van der Waals surface area contributed by atoms with Crippen LogP contribution in [-0.4, -0.2) is 50.0 Å². The fourth-order valence-electron chi connectivity index (χ4n) is 2.53. The van der Waals surface area contributed by atoms with Crippen molar-refractivity contribution in [2.45, 2.75) is 12.5 Å². The highest BCUT2D eigenvalue weighted by Crippen LogP contribution is 2.20. The minimum atomic E-state index is -1.03. The van der Waals surface area contributed by atoms with Crippen molar-refractivity contribution in [1.82, 2.24) is 20.3 Å². The summed E-state index contributed by atoms with van der Waals surface area (Å²) in [4.78, 5) is 35.4. The Kier molecular flexibility index (Phi) is 5.52. The molecule has 0 bridgehead atoms. The third kappa shape index (κ3) is 4.02. The first kappa shape index (κ1) is 17.9. The Hall–Kier alpha value is -2.87. The number of carboxylic acid groups (broad SMARTS) is 1. The lowest BCUT2D eigenvalue weighted by atomic mass is 10.1. The highest BCUT2D eigenvalue weighted by molar-refractivity contribution is 7.98. The van der Waals surface area contributed by atoms with Crippen LogP contribution >= 0.6 is 11.8 Å². The summed E-state index contributed by atoms with van der Waals surface area (Å²) in [5.41, 5.74) is 2.72. The van der Waals surface area contributed by atoms with Gasteiger partial charge < -0.3 is 15.4 Å². The highest BCUT2D eigenvalue weighted by atomic mass is 32.2. The number of fused-ring (bicyclic) bond motifs is 1. The molecule has 2 aromatic heterocycles. The van der Waals surface area contributed by atoms with E-state index in [2.05, 4.69) is 20.3 Å². The summed E-state index contributed by atoms with van der Waals surface area (Å²) in [6.45, 7) is 0. The van der Waals surface area contributed by atoms with Crippen molar-refractivity contribution in [3.05, 3.63) is 48.3 Å². The number of pyridine rings is 1. The smallest absolute Gasteiger partial charge is 0.326 e. The van der Waals surface area contributed by atoms with E-state index >= 15 is 0 Å². The molecule has 0 unspecified atom stereocenters. The van der Waals surface area contributed by atoms with Gasteiger partial charge in [0.1, 0.15) is 11.9 Å². The molecule has 0 radical (unpaired) electrons. The van der Waals surface area contributed by atoms with Gasteiger partial charge in [0.05, 0.1) is 11.0 Å². The standard InChI is InChI=1S/C18H18N4O3S/c1-26-9-6-14(18(24)25)22-17(23)12-2-3-13-15(10-12)21-16(20-13)11-4-7-19-8-5-11/h2-5,7-8,10,14H,6,9H2,1H3,(H,20,21)(H,22,23)(H,24,25)/t14-/m0/s1. The van der Waals surface area contributed by atoms with Gasteiger partial charge in [0.25, 0.3) is 5.91 Å². The second-order valence-electron chi connectivity index (χ2n) is 5.70. The summed E-state index contributed by atoms with van der Waals surface area (Å²) in [6, 6.07) is 7.84. The van der Waals surface area contributed by atoms with Crippen LogP contribution in [0.1, 0.15) is 16.8 Å². The maximum absolute atomic E-state index is 12.4. The van der Waals surface area contributed by atoms with E-state index in [0.717, 1.165) is 11.1 Å². The number of aromatic nitrogens is 3. The Bertz CT molecular complexity index is 927. The van der Waals surface area contributed by atoms with Gasteiger partial charge in [-0.1, -0.05) is 0 Å². The number of carbonyl (C=O) groups excluding carboxylic acids is 1. The van der Waals surface area contributed by atoms with Crippen LogP contribution in [0, 0.1) is 0 Å².